The van der Waals surface area contributed by atoms with Crippen molar-refractivity contribution < 1.29 is 9.59 Å². The molecule has 2 rings (SSSR count). The van der Waals surface area contributed by atoms with Gasteiger partial charge in [0, 0.05) is 12.2 Å². The molecule has 1 fully saturated rings. The summed E-state index contributed by atoms with van der Waals surface area (Å²) in [5, 5.41) is 5.71. The lowest BCUT2D eigenvalue weighted by Crippen LogP contribution is -2.40. The number of para-hydroxylation sites is 1. The highest BCUT2D eigenvalue weighted by molar-refractivity contribution is 6.13. The number of nitrogens with zero attached hydrogens (tertiary/aromatic N) is 1. The van der Waals surface area contributed by atoms with Gasteiger partial charge in [0.1, 0.15) is 5.41 Å². The number of rotatable bonds is 7. The standard InChI is InChI=1S/C16H23N3O2/c1-19(2)12-6-11-17-14(20)16(9-10-16)15(21)18-13-7-4-3-5-8-13/h3-5,7-8H,6,9-12H2,1-2H3,(H,17,20)(H,18,21). The fourth-order valence-corrected chi connectivity index (χ4v) is 2.22. The molecular formula is C16H23N3O2. The highest BCUT2D eigenvalue weighted by Crippen LogP contribution is 2.46. The molecule has 5 heteroatoms. The third kappa shape index (κ3) is 4.04. The van der Waals surface area contributed by atoms with Gasteiger partial charge in [-0.25, -0.2) is 0 Å². The van der Waals surface area contributed by atoms with Crippen molar-refractivity contribution in [3.63, 3.8) is 0 Å². The predicted octanol–water partition coefficient (Wildman–Crippen LogP) is 1.47. The molecule has 2 N–H and O–H groups in total. The van der Waals surface area contributed by atoms with Gasteiger partial charge in [-0.2, -0.15) is 0 Å². The lowest BCUT2D eigenvalue weighted by atomic mass is 10.0. The van der Waals surface area contributed by atoms with Gasteiger partial charge in [0.25, 0.3) is 0 Å². The number of nitrogens with one attached hydrogen (secondary N) is 2. The fourth-order valence-electron chi connectivity index (χ4n) is 2.22. The monoisotopic (exact) mass is 289 g/mol. The van der Waals surface area contributed by atoms with Crippen molar-refractivity contribution >= 4 is 17.5 Å². The third-order valence-corrected chi connectivity index (χ3v) is 3.72. The van der Waals surface area contributed by atoms with E-state index in [1.165, 1.54) is 0 Å². The summed E-state index contributed by atoms with van der Waals surface area (Å²) in [6, 6.07) is 9.25. The third-order valence-electron chi connectivity index (χ3n) is 3.72. The van der Waals surface area contributed by atoms with Crippen LogP contribution in [0.15, 0.2) is 30.3 Å². The van der Waals surface area contributed by atoms with E-state index in [1.54, 1.807) is 0 Å². The maximum atomic E-state index is 12.3. The van der Waals surface area contributed by atoms with Crippen LogP contribution in [0.3, 0.4) is 0 Å². The normalized spacial score (nSPS) is 15.6. The second kappa shape index (κ2) is 6.72. The Morgan fingerprint density at radius 3 is 2.38 bits per heavy atom. The van der Waals surface area contributed by atoms with Gasteiger partial charge in [-0.1, -0.05) is 18.2 Å². The zero-order valence-electron chi connectivity index (χ0n) is 12.7. The summed E-state index contributed by atoms with van der Waals surface area (Å²) in [4.78, 5) is 26.6. The smallest absolute Gasteiger partial charge is 0.240 e. The first-order valence-corrected chi connectivity index (χ1v) is 7.34. The number of hydrogen-bond acceptors (Lipinski definition) is 3. The fraction of sp³-hybridized carbons (Fsp3) is 0.500. The quantitative estimate of drug-likeness (QED) is 0.590. The summed E-state index contributed by atoms with van der Waals surface area (Å²) in [6.07, 6.45) is 2.14. The number of anilines is 1. The Balaban J connectivity index is 1.83. The van der Waals surface area contributed by atoms with Crippen LogP contribution in [-0.2, 0) is 9.59 Å². The van der Waals surface area contributed by atoms with Crippen LogP contribution >= 0.6 is 0 Å². The average molecular weight is 289 g/mol. The first kappa shape index (κ1) is 15.5. The summed E-state index contributed by atoms with van der Waals surface area (Å²) >= 11 is 0. The van der Waals surface area contributed by atoms with Crippen LogP contribution in [0.1, 0.15) is 19.3 Å². The second-order valence-electron chi connectivity index (χ2n) is 5.81. The van der Waals surface area contributed by atoms with Crippen LogP contribution in [-0.4, -0.2) is 43.9 Å². The molecule has 0 heterocycles. The van der Waals surface area contributed by atoms with E-state index in [-0.39, 0.29) is 11.8 Å². The number of amides is 2. The predicted molar refractivity (Wildman–Crippen MR) is 82.9 cm³/mol. The highest BCUT2D eigenvalue weighted by Gasteiger charge is 2.56. The molecule has 0 radical (unpaired) electrons. The van der Waals surface area contributed by atoms with Crippen molar-refractivity contribution in [2.45, 2.75) is 19.3 Å². The minimum Gasteiger partial charge on any atom is -0.355 e. The molecule has 0 spiro atoms. The average Bonchev–Trinajstić information content (AvgIpc) is 3.26. The zero-order valence-corrected chi connectivity index (χ0v) is 12.7. The largest absolute Gasteiger partial charge is 0.355 e. The van der Waals surface area contributed by atoms with Crippen molar-refractivity contribution in [1.29, 1.82) is 0 Å². The topological polar surface area (TPSA) is 61.4 Å². The van der Waals surface area contributed by atoms with Crippen molar-refractivity contribution in [2.75, 3.05) is 32.5 Å². The van der Waals surface area contributed by atoms with Crippen LogP contribution in [0.5, 0.6) is 0 Å². The van der Waals surface area contributed by atoms with Gasteiger partial charge in [0.2, 0.25) is 11.8 Å². The molecule has 1 aliphatic rings. The van der Waals surface area contributed by atoms with Crippen molar-refractivity contribution in [3.05, 3.63) is 30.3 Å². The van der Waals surface area contributed by atoms with Gasteiger partial charge < -0.3 is 15.5 Å². The van der Waals surface area contributed by atoms with Crippen LogP contribution < -0.4 is 10.6 Å². The summed E-state index contributed by atoms with van der Waals surface area (Å²) in [5.41, 5.74) is -0.122. The summed E-state index contributed by atoms with van der Waals surface area (Å²) < 4.78 is 0. The molecule has 1 aromatic carbocycles. The molecule has 0 aromatic heterocycles. The Hall–Kier alpha value is -1.88. The first-order chi connectivity index (χ1) is 10.0. The molecule has 5 nitrogen and oxygen atoms in total. The van der Waals surface area contributed by atoms with E-state index in [0.717, 1.165) is 18.7 Å². The SMILES string of the molecule is CN(C)CCCNC(=O)C1(C(=O)Nc2ccccc2)CC1. The number of benzene rings is 1. The van der Waals surface area contributed by atoms with Gasteiger partial charge in [-0.05, 0) is 52.0 Å². The van der Waals surface area contributed by atoms with E-state index in [1.807, 2.05) is 44.4 Å². The van der Waals surface area contributed by atoms with E-state index in [2.05, 4.69) is 15.5 Å². The molecular weight excluding hydrogens is 266 g/mol. The molecule has 1 aliphatic carbocycles. The Kier molecular flexibility index (Phi) is 4.96. The molecule has 1 aromatic rings. The molecule has 0 unspecified atom stereocenters. The molecule has 0 bridgehead atoms. The summed E-state index contributed by atoms with van der Waals surface area (Å²) in [5.74, 6) is -0.339. The molecule has 0 saturated heterocycles. The van der Waals surface area contributed by atoms with Crippen molar-refractivity contribution in [1.82, 2.24) is 10.2 Å². The highest BCUT2D eigenvalue weighted by atomic mass is 16.2. The zero-order chi connectivity index (χ0) is 15.3. The minimum absolute atomic E-state index is 0.144. The Morgan fingerprint density at radius 2 is 1.81 bits per heavy atom. The van der Waals surface area contributed by atoms with E-state index < -0.39 is 5.41 Å². The van der Waals surface area contributed by atoms with Gasteiger partial charge in [0.15, 0.2) is 0 Å². The Bertz CT molecular complexity index is 496. The molecule has 0 atom stereocenters. The molecule has 21 heavy (non-hydrogen) atoms. The lowest BCUT2D eigenvalue weighted by molar-refractivity contribution is -0.134. The van der Waals surface area contributed by atoms with Gasteiger partial charge >= 0.3 is 0 Å². The van der Waals surface area contributed by atoms with Gasteiger partial charge in [0.05, 0.1) is 0 Å². The van der Waals surface area contributed by atoms with Crippen LogP contribution in [0.4, 0.5) is 5.69 Å². The van der Waals surface area contributed by atoms with E-state index in [0.29, 0.717) is 19.4 Å². The van der Waals surface area contributed by atoms with E-state index >= 15 is 0 Å². The van der Waals surface area contributed by atoms with E-state index in [9.17, 15) is 9.59 Å². The van der Waals surface area contributed by atoms with E-state index in [4.69, 9.17) is 0 Å². The number of carbonyl (C=O) groups is 2. The molecule has 114 valence electrons. The van der Waals surface area contributed by atoms with Gasteiger partial charge in [-0.3, -0.25) is 9.59 Å². The number of hydrogen-bond donors (Lipinski definition) is 2. The van der Waals surface area contributed by atoms with Gasteiger partial charge in [-0.15, -0.1) is 0 Å². The van der Waals surface area contributed by atoms with Crippen molar-refractivity contribution in [3.8, 4) is 0 Å². The summed E-state index contributed by atoms with van der Waals surface area (Å²) in [7, 11) is 4.00. The Morgan fingerprint density at radius 1 is 1.14 bits per heavy atom. The maximum Gasteiger partial charge on any atom is 0.240 e. The summed E-state index contributed by atoms with van der Waals surface area (Å²) in [6.45, 7) is 1.53. The van der Waals surface area contributed by atoms with Crippen LogP contribution in [0.25, 0.3) is 0 Å². The van der Waals surface area contributed by atoms with Crippen LogP contribution in [0.2, 0.25) is 0 Å². The maximum absolute atomic E-state index is 12.3. The van der Waals surface area contributed by atoms with Crippen LogP contribution in [0, 0.1) is 5.41 Å². The molecule has 2 amide bonds. The molecule has 1 saturated carbocycles. The van der Waals surface area contributed by atoms with Crippen molar-refractivity contribution in [2.24, 2.45) is 5.41 Å². The molecule has 0 aliphatic heterocycles. The minimum atomic E-state index is -0.853. The Labute approximate surface area is 125 Å². The first-order valence-electron chi connectivity index (χ1n) is 7.34. The lowest BCUT2D eigenvalue weighted by Gasteiger charge is -2.16. The number of carbonyl (C=O) groups excluding carboxylic acids is 2. The second-order valence-corrected chi connectivity index (χ2v) is 5.81.